The fraction of sp³-hybridized carbons (Fsp3) is 0.500. The van der Waals surface area contributed by atoms with Crippen LogP contribution in [-0.2, 0) is 16.0 Å². The lowest BCUT2D eigenvalue weighted by atomic mass is 9.99. The van der Waals surface area contributed by atoms with Crippen LogP contribution in [0.3, 0.4) is 0 Å². The molecular weight excluding hydrogens is 392 g/mol. The first-order valence-corrected chi connectivity index (χ1v) is 12.8. The number of esters is 1. The summed E-state index contributed by atoms with van der Waals surface area (Å²) in [4.78, 5) is 12.2. The van der Waals surface area contributed by atoms with Crippen molar-refractivity contribution in [3.05, 3.63) is 65.2 Å². The summed E-state index contributed by atoms with van der Waals surface area (Å²) in [6.07, 6.45) is 16.5. The van der Waals surface area contributed by atoms with Crippen LogP contribution < -0.4 is 0 Å². The average molecular weight is 433 g/mol. The SMILES string of the molecule is CCCCCCCc1ccc(-c2ccc(/C=C3\C[C@@H](CCCCCC)OC3=O)cc2)cc1. The smallest absolute Gasteiger partial charge is 0.334 e. The summed E-state index contributed by atoms with van der Waals surface area (Å²) in [6, 6.07) is 17.5. The van der Waals surface area contributed by atoms with Gasteiger partial charge in [0.15, 0.2) is 0 Å². The predicted molar refractivity (Wildman–Crippen MR) is 136 cm³/mol. The van der Waals surface area contributed by atoms with Crippen molar-refractivity contribution in [3.63, 3.8) is 0 Å². The second kappa shape index (κ2) is 13.3. The van der Waals surface area contributed by atoms with Crippen LogP contribution in [0.5, 0.6) is 0 Å². The zero-order chi connectivity index (χ0) is 22.6. The molecule has 0 spiro atoms. The molecule has 3 rings (SSSR count). The van der Waals surface area contributed by atoms with Gasteiger partial charge in [0.05, 0.1) is 0 Å². The van der Waals surface area contributed by atoms with Crippen molar-refractivity contribution < 1.29 is 9.53 Å². The van der Waals surface area contributed by atoms with Crippen molar-refractivity contribution >= 4 is 12.0 Å². The molecule has 0 aromatic heterocycles. The molecule has 0 amide bonds. The van der Waals surface area contributed by atoms with Crippen LogP contribution >= 0.6 is 0 Å². The normalized spacial score (nSPS) is 17.1. The monoisotopic (exact) mass is 432 g/mol. The van der Waals surface area contributed by atoms with Crippen LogP contribution in [0.25, 0.3) is 17.2 Å². The Kier molecular flexibility index (Phi) is 10.1. The molecule has 0 bridgehead atoms. The fourth-order valence-electron chi connectivity index (χ4n) is 4.44. The van der Waals surface area contributed by atoms with Gasteiger partial charge in [0.25, 0.3) is 0 Å². The highest BCUT2D eigenvalue weighted by Crippen LogP contribution is 2.27. The van der Waals surface area contributed by atoms with Crippen LogP contribution in [-0.4, -0.2) is 12.1 Å². The Bertz CT molecular complexity index is 845. The number of hydrogen-bond acceptors (Lipinski definition) is 2. The van der Waals surface area contributed by atoms with Crippen LogP contribution in [0.15, 0.2) is 54.1 Å². The van der Waals surface area contributed by atoms with Crippen LogP contribution in [0.2, 0.25) is 0 Å². The van der Waals surface area contributed by atoms with Crippen LogP contribution in [0, 0.1) is 0 Å². The molecule has 1 aliphatic rings. The number of cyclic esters (lactones) is 1. The second-order valence-corrected chi connectivity index (χ2v) is 9.23. The predicted octanol–water partition coefficient (Wildman–Crippen LogP) is 8.54. The van der Waals surface area contributed by atoms with E-state index in [4.69, 9.17) is 4.74 Å². The number of ether oxygens (including phenoxy) is 1. The molecule has 172 valence electrons. The van der Waals surface area contributed by atoms with E-state index in [9.17, 15) is 4.79 Å². The van der Waals surface area contributed by atoms with Gasteiger partial charge in [-0.05, 0) is 54.0 Å². The van der Waals surface area contributed by atoms with E-state index in [1.165, 1.54) is 74.5 Å². The van der Waals surface area contributed by atoms with Gasteiger partial charge in [-0.25, -0.2) is 4.79 Å². The Balaban J connectivity index is 1.52. The van der Waals surface area contributed by atoms with E-state index >= 15 is 0 Å². The third kappa shape index (κ3) is 7.65. The highest BCUT2D eigenvalue weighted by atomic mass is 16.5. The molecule has 0 radical (unpaired) electrons. The highest BCUT2D eigenvalue weighted by Gasteiger charge is 2.28. The highest BCUT2D eigenvalue weighted by molar-refractivity contribution is 5.95. The van der Waals surface area contributed by atoms with Crippen molar-refractivity contribution in [1.82, 2.24) is 0 Å². The molecule has 1 fully saturated rings. The molecule has 0 N–H and O–H groups in total. The number of aryl methyl sites for hydroxylation is 1. The molecule has 1 atom stereocenters. The maximum absolute atomic E-state index is 12.2. The molecule has 0 aliphatic carbocycles. The van der Waals surface area contributed by atoms with Crippen molar-refractivity contribution in [2.45, 2.75) is 97.0 Å². The minimum atomic E-state index is -0.139. The Hall–Kier alpha value is -2.35. The first kappa shape index (κ1) is 24.3. The average Bonchev–Trinajstić information content (AvgIpc) is 3.16. The number of carbonyl (C=O) groups excluding carboxylic acids is 1. The minimum Gasteiger partial charge on any atom is -0.459 e. The number of rotatable bonds is 13. The van der Waals surface area contributed by atoms with E-state index in [0.29, 0.717) is 0 Å². The molecule has 0 unspecified atom stereocenters. The van der Waals surface area contributed by atoms with Crippen molar-refractivity contribution in [2.24, 2.45) is 0 Å². The van der Waals surface area contributed by atoms with Gasteiger partial charge >= 0.3 is 5.97 Å². The standard InChI is InChI=1S/C30H40O2/c1-3-5-7-9-10-12-24-14-18-26(19-15-24)27-20-16-25(17-21-27)22-28-23-29(32-30(28)31)13-11-8-6-4-2/h14-22,29H,3-13,23H2,1-2H3/b28-22+/t29-/m1/s1. The van der Waals surface area contributed by atoms with Gasteiger partial charge in [-0.1, -0.05) is 107 Å². The van der Waals surface area contributed by atoms with Gasteiger partial charge in [-0.15, -0.1) is 0 Å². The van der Waals surface area contributed by atoms with Crippen LogP contribution in [0.4, 0.5) is 0 Å². The minimum absolute atomic E-state index is 0.0649. The van der Waals surface area contributed by atoms with Gasteiger partial charge in [0, 0.05) is 12.0 Å². The van der Waals surface area contributed by atoms with E-state index < -0.39 is 0 Å². The maximum atomic E-state index is 12.2. The van der Waals surface area contributed by atoms with Gasteiger partial charge in [-0.2, -0.15) is 0 Å². The third-order valence-electron chi connectivity index (χ3n) is 6.47. The molecular formula is C30H40O2. The molecule has 2 nitrogen and oxygen atoms in total. The van der Waals surface area contributed by atoms with E-state index in [2.05, 4.69) is 62.4 Å². The molecule has 1 heterocycles. The van der Waals surface area contributed by atoms with E-state index in [1.54, 1.807) is 0 Å². The number of benzene rings is 2. The van der Waals surface area contributed by atoms with E-state index in [1.807, 2.05) is 6.08 Å². The molecule has 1 aliphatic heterocycles. The Morgan fingerprint density at radius 3 is 2.03 bits per heavy atom. The van der Waals surface area contributed by atoms with Crippen LogP contribution in [0.1, 0.15) is 95.6 Å². The Labute approximate surface area is 195 Å². The summed E-state index contributed by atoms with van der Waals surface area (Å²) in [5, 5.41) is 0. The lowest BCUT2D eigenvalue weighted by Crippen LogP contribution is -2.06. The third-order valence-corrected chi connectivity index (χ3v) is 6.47. The lowest BCUT2D eigenvalue weighted by molar-refractivity contribution is -0.139. The second-order valence-electron chi connectivity index (χ2n) is 9.23. The van der Waals surface area contributed by atoms with Crippen molar-refractivity contribution in [2.75, 3.05) is 0 Å². The zero-order valence-electron chi connectivity index (χ0n) is 20.1. The van der Waals surface area contributed by atoms with Gasteiger partial charge in [-0.3, -0.25) is 0 Å². The molecule has 32 heavy (non-hydrogen) atoms. The summed E-state index contributed by atoms with van der Waals surface area (Å²) in [5.74, 6) is -0.139. The first-order chi connectivity index (χ1) is 15.7. The fourth-order valence-corrected chi connectivity index (χ4v) is 4.44. The summed E-state index contributed by atoms with van der Waals surface area (Å²) >= 11 is 0. The van der Waals surface area contributed by atoms with Crippen molar-refractivity contribution in [3.8, 4) is 11.1 Å². The summed E-state index contributed by atoms with van der Waals surface area (Å²) in [6.45, 7) is 4.48. The molecule has 2 aromatic carbocycles. The first-order valence-electron chi connectivity index (χ1n) is 12.8. The Morgan fingerprint density at radius 2 is 1.38 bits per heavy atom. The molecule has 2 heteroatoms. The largest absolute Gasteiger partial charge is 0.459 e. The van der Waals surface area contributed by atoms with Crippen molar-refractivity contribution in [1.29, 1.82) is 0 Å². The molecule has 0 saturated carbocycles. The Morgan fingerprint density at radius 1 is 0.781 bits per heavy atom. The van der Waals surface area contributed by atoms with Gasteiger partial charge in [0.2, 0.25) is 0 Å². The van der Waals surface area contributed by atoms with E-state index in [0.717, 1.165) is 30.4 Å². The number of hydrogen-bond donors (Lipinski definition) is 0. The quantitative estimate of drug-likeness (QED) is 0.180. The number of carbonyl (C=O) groups is 1. The topological polar surface area (TPSA) is 26.3 Å². The summed E-state index contributed by atoms with van der Waals surface area (Å²) in [5.41, 5.74) is 5.75. The van der Waals surface area contributed by atoms with E-state index in [-0.39, 0.29) is 12.1 Å². The summed E-state index contributed by atoms with van der Waals surface area (Å²) in [7, 11) is 0. The molecule has 1 saturated heterocycles. The zero-order valence-corrected chi connectivity index (χ0v) is 20.1. The molecule has 2 aromatic rings. The van der Waals surface area contributed by atoms with Gasteiger partial charge in [0.1, 0.15) is 6.10 Å². The van der Waals surface area contributed by atoms with Gasteiger partial charge < -0.3 is 4.74 Å². The number of unbranched alkanes of at least 4 members (excludes halogenated alkanes) is 7. The summed E-state index contributed by atoms with van der Waals surface area (Å²) < 4.78 is 5.57. The lowest BCUT2D eigenvalue weighted by Gasteiger charge is -2.07. The maximum Gasteiger partial charge on any atom is 0.334 e.